The van der Waals surface area contributed by atoms with Gasteiger partial charge in [-0.3, -0.25) is 9.59 Å². The summed E-state index contributed by atoms with van der Waals surface area (Å²) in [5.74, 6) is -1.57. The van der Waals surface area contributed by atoms with Gasteiger partial charge in [0.15, 0.2) is 5.13 Å². The molecule has 2 N–H and O–H groups in total. The Balaban J connectivity index is 1.34. The van der Waals surface area contributed by atoms with E-state index in [1.165, 1.54) is 29.5 Å². The van der Waals surface area contributed by atoms with Crippen LogP contribution in [-0.2, 0) is 17.5 Å². The fraction of sp³-hybridized carbons (Fsp3) is 0.292. The second-order valence-corrected chi connectivity index (χ2v) is 9.01. The number of amides is 2. The van der Waals surface area contributed by atoms with E-state index < -0.39 is 23.5 Å². The maximum absolute atomic E-state index is 13.8. The van der Waals surface area contributed by atoms with Crippen LogP contribution in [0.4, 0.5) is 28.4 Å². The molecular weight excluding hydrogens is 484 g/mol. The number of carbonyl (C=O) groups is 2. The van der Waals surface area contributed by atoms with Crippen LogP contribution in [0.5, 0.6) is 0 Å². The number of benzene rings is 2. The van der Waals surface area contributed by atoms with Crippen molar-refractivity contribution in [1.82, 2.24) is 15.2 Å². The third-order valence-electron chi connectivity index (χ3n) is 5.64. The van der Waals surface area contributed by atoms with Crippen molar-refractivity contribution in [3.8, 4) is 0 Å². The van der Waals surface area contributed by atoms with Crippen LogP contribution in [0, 0.1) is 11.7 Å². The maximum atomic E-state index is 13.8. The van der Waals surface area contributed by atoms with E-state index in [1.807, 2.05) is 0 Å². The van der Waals surface area contributed by atoms with Gasteiger partial charge in [0.2, 0.25) is 5.91 Å². The number of alkyl halides is 3. The first-order valence-corrected chi connectivity index (χ1v) is 11.8. The van der Waals surface area contributed by atoms with E-state index in [4.69, 9.17) is 0 Å². The van der Waals surface area contributed by atoms with Crippen LogP contribution in [-0.4, -0.2) is 34.8 Å². The maximum Gasteiger partial charge on any atom is 0.416 e. The molecule has 2 aromatic carbocycles. The number of carbonyl (C=O) groups excluding carboxylic acids is 2. The van der Waals surface area contributed by atoms with Crippen LogP contribution in [0.25, 0.3) is 0 Å². The molecule has 0 spiro atoms. The summed E-state index contributed by atoms with van der Waals surface area (Å²) in [6.45, 7) is 0.606. The average Bonchev–Trinajstić information content (AvgIpc) is 3.32. The average molecular weight is 507 g/mol. The van der Waals surface area contributed by atoms with Crippen LogP contribution in [0.3, 0.4) is 0 Å². The van der Waals surface area contributed by atoms with E-state index in [-0.39, 0.29) is 36.3 Å². The number of aromatic nitrogens is 1. The number of likely N-dealkylation sites (tertiary alicyclic amines) is 1. The number of hydrogen-bond donors (Lipinski definition) is 2. The number of para-hydroxylation sites is 1. The number of halogens is 4. The van der Waals surface area contributed by atoms with Crippen molar-refractivity contribution in [2.45, 2.75) is 25.6 Å². The second-order valence-electron chi connectivity index (χ2n) is 8.15. The zero-order chi connectivity index (χ0) is 25.0. The number of nitrogens with one attached hydrogen (secondary N) is 2. The Morgan fingerprint density at radius 2 is 1.94 bits per heavy atom. The van der Waals surface area contributed by atoms with Crippen molar-refractivity contribution in [2.75, 3.05) is 18.4 Å². The van der Waals surface area contributed by atoms with E-state index in [2.05, 4.69) is 15.6 Å². The summed E-state index contributed by atoms with van der Waals surface area (Å²) in [7, 11) is 0. The SMILES string of the molecule is O=C(NCc1cccc(C(F)(F)F)c1)C1CCCN(C(=O)c2csc(Nc3ccccc3F)n2)C1. The topological polar surface area (TPSA) is 74.3 Å². The molecule has 0 aliphatic carbocycles. The summed E-state index contributed by atoms with van der Waals surface area (Å²) in [5.41, 5.74) is 0.00951. The first kappa shape index (κ1) is 24.6. The van der Waals surface area contributed by atoms with E-state index in [0.29, 0.717) is 30.1 Å². The number of anilines is 2. The van der Waals surface area contributed by atoms with Crippen LogP contribution in [0.15, 0.2) is 53.9 Å². The van der Waals surface area contributed by atoms with Crippen LogP contribution < -0.4 is 10.6 Å². The third-order valence-corrected chi connectivity index (χ3v) is 6.40. The van der Waals surface area contributed by atoms with Crippen LogP contribution in [0.1, 0.15) is 34.5 Å². The highest BCUT2D eigenvalue weighted by Crippen LogP contribution is 2.29. The van der Waals surface area contributed by atoms with E-state index >= 15 is 0 Å². The molecule has 11 heteroatoms. The Morgan fingerprint density at radius 1 is 1.14 bits per heavy atom. The molecule has 184 valence electrons. The monoisotopic (exact) mass is 506 g/mol. The predicted octanol–water partition coefficient (Wildman–Crippen LogP) is 5.21. The Labute approximate surface area is 203 Å². The molecule has 6 nitrogen and oxygen atoms in total. The highest BCUT2D eigenvalue weighted by Gasteiger charge is 2.31. The first-order valence-electron chi connectivity index (χ1n) is 10.9. The Hall–Kier alpha value is -3.47. The van der Waals surface area contributed by atoms with Gasteiger partial charge < -0.3 is 15.5 Å². The van der Waals surface area contributed by atoms with Gasteiger partial charge in [0, 0.05) is 25.0 Å². The number of rotatable bonds is 6. The van der Waals surface area contributed by atoms with Gasteiger partial charge in [0.25, 0.3) is 5.91 Å². The summed E-state index contributed by atoms with van der Waals surface area (Å²) < 4.78 is 52.5. The molecular formula is C24H22F4N4O2S. The molecule has 1 aromatic heterocycles. The largest absolute Gasteiger partial charge is 0.416 e. The fourth-order valence-electron chi connectivity index (χ4n) is 3.84. The quantitative estimate of drug-likeness (QED) is 0.450. The van der Waals surface area contributed by atoms with Crippen molar-refractivity contribution >= 4 is 34.0 Å². The molecule has 1 saturated heterocycles. The predicted molar refractivity (Wildman–Crippen MR) is 124 cm³/mol. The highest BCUT2D eigenvalue weighted by atomic mass is 32.1. The third kappa shape index (κ3) is 6.16. The molecule has 0 radical (unpaired) electrons. The smallest absolute Gasteiger partial charge is 0.352 e. The summed E-state index contributed by atoms with van der Waals surface area (Å²) in [6.07, 6.45) is -3.28. The zero-order valence-electron chi connectivity index (χ0n) is 18.4. The lowest BCUT2D eigenvalue weighted by molar-refractivity contribution is -0.137. The lowest BCUT2D eigenvalue weighted by Gasteiger charge is -2.31. The van der Waals surface area contributed by atoms with Gasteiger partial charge in [-0.2, -0.15) is 13.2 Å². The molecule has 1 fully saturated rings. The summed E-state index contributed by atoms with van der Waals surface area (Å²) in [4.78, 5) is 31.4. The lowest BCUT2D eigenvalue weighted by atomic mass is 9.96. The van der Waals surface area contributed by atoms with Gasteiger partial charge in [-0.25, -0.2) is 9.37 Å². The number of thiazole rings is 1. The summed E-state index contributed by atoms with van der Waals surface area (Å²) in [6, 6.07) is 10.9. The standard InChI is InChI=1S/C24H22F4N4O2S/c25-18-8-1-2-9-19(18)30-23-31-20(14-35-23)22(34)32-10-4-6-16(13-32)21(33)29-12-15-5-3-7-17(11-15)24(26,27)28/h1-3,5,7-9,11,14,16H,4,6,10,12-13H2,(H,29,33)(H,30,31). The van der Waals surface area contributed by atoms with Crippen molar-refractivity contribution in [1.29, 1.82) is 0 Å². The van der Waals surface area contributed by atoms with Gasteiger partial charge in [0.1, 0.15) is 11.5 Å². The van der Waals surface area contributed by atoms with Gasteiger partial charge in [-0.1, -0.05) is 24.3 Å². The van der Waals surface area contributed by atoms with Gasteiger partial charge >= 0.3 is 6.18 Å². The molecule has 3 aromatic rings. The minimum Gasteiger partial charge on any atom is -0.352 e. The van der Waals surface area contributed by atoms with Gasteiger partial charge in [-0.05, 0) is 42.7 Å². The van der Waals surface area contributed by atoms with Crippen molar-refractivity contribution < 1.29 is 27.2 Å². The Kier molecular flexibility index (Phi) is 7.34. The summed E-state index contributed by atoms with van der Waals surface area (Å²) >= 11 is 1.17. The summed E-state index contributed by atoms with van der Waals surface area (Å²) in [5, 5.41) is 7.47. The number of hydrogen-bond acceptors (Lipinski definition) is 5. The molecule has 1 atom stereocenters. The van der Waals surface area contributed by atoms with E-state index in [9.17, 15) is 27.2 Å². The molecule has 1 aliphatic heterocycles. The van der Waals surface area contributed by atoms with Crippen molar-refractivity contribution in [2.24, 2.45) is 5.92 Å². The second kappa shape index (κ2) is 10.4. The number of nitrogens with zero attached hydrogens (tertiary/aromatic N) is 2. The van der Waals surface area contributed by atoms with Crippen LogP contribution in [0.2, 0.25) is 0 Å². The molecule has 0 saturated carbocycles. The van der Waals surface area contributed by atoms with Gasteiger partial charge in [-0.15, -0.1) is 11.3 Å². The van der Waals surface area contributed by atoms with Crippen LogP contribution >= 0.6 is 11.3 Å². The van der Waals surface area contributed by atoms with Gasteiger partial charge in [0.05, 0.1) is 17.2 Å². The minimum atomic E-state index is -4.45. The van der Waals surface area contributed by atoms with Crippen molar-refractivity contribution in [3.63, 3.8) is 0 Å². The molecule has 0 bridgehead atoms. The Bertz CT molecular complexity index is 1210. The molecule has 1 unspecified atom stereocenters. The molecule has 1 aliphatic rings. The molecule has 2 heterocycles. The first-order chi connectivity index (χ1) is 16.7. The molecule has 35 heavy (non-hydrogen) atoms. The normalized spacial score (nSPS) is 16.1. The van der Waals surface area contributed by atoms with E-state index in [0.717, 1.165) is 12.1 Å². The minimum absolute atomic E-state index is 0.0373. The molecule has 4 rings (SSSR count). The molecule has 2 amide bonds. The zero-order valence-corrected chi connectivity index (χ0v) is 19.3. The fourth-order valence-corrected chi connectivity index (χ4v) is 4.53. The Morgan fingerprint density at radius 3 is 2.71 bits per heavy atom. The van der Waals surface area contributed by atoms with E-state index in [1.54, 1.807) is 28.5 Å². The van der Waals surface area contributed by atoms with Crippen molar-refractivity contribution in [3.05, 3.63) is 76.5 Å². The lowest BCUT2D eigenvalue weighted by Crippen LogP contribution is -2.45. The highest BCUT2D eigenvalue weighted by molar-refractivity contribution is 7.14. The number of piperidine rings is 1.